The van der Waals surface area contributed by atoms with Crippen molar-refractivity contribution in [2.75, 3.05) is 5.73 Å². The first-order valence-electron chi connectivity index (χ1n) is 5.76. The zero-order chi connectivity index (χ0) is 12.0. The Balaban J connectivity index is 2.07. The lowest BCUT2D eigenvalue weighted by Crippen LogP contribution is -2.24. The van der Waals surface area contributed by atoms with Gasteiger partial charge in [0, 0.05) is 11.3 Å². The number of fused-ring (bicyclic) bond motifs is 3. The van der Waals surface area contributed by atoms with Crippen molar-refractivity contribution in [3.63, 3.8) is 0 Å². The van der Waals surface area contributed by atoms with Crippen molar-refractivity contribution in [1.82, 2.24) is 4.98 Å². The summed E-state index contributed by atoms with van der Waals surface area (Å²) in [7, 11) is 0. The van der Waals surface area contributed by atoms with Crippen LogP contribution in [0.1, 0.15) is 28.8 Å². The first-order chi connectivity index (χ1) is 8.16. The Kier molecular flexibility index (Phi) is 2.29. The smallest absolute Gasteiger partial charge is 0.306 e. The van der Waals surface area contributed by atoms with E-state index in [0.717, 1.165) is 22.4 Å². The van der Waals surface area contributed by atoms with Gasteiger partial charge < -0.3 is 15.6 Å². The van der Waals surface area contributed by atoms with Gasteiger partial charge in [0.2, 0.25) is 0 Å². The van der Waals surface area contributed by atoms with Gasteiger partial charge in [-0.05, 0) is 30.4 Å². The SMILES string of the molecule is Nc1nc2c(c3c1COC3)CC(C(=O)O)CC2. The van der Waals surface area contributed by atoms with Crippen LogP contribution in [0.2, 0.25) is 0 Å². The number of carboxylic acids is 1. The molecule has 1 aromatic heterocycles. The van der Waals surface area contributed by atoms with Gasteiger partial charge in [-0.3, -0.25) is 4.79 Å². The van der Waals surface area contributed by atoms with Gasteiger partial charge in [0.25, 0.3) is 0 Å². The number of carboxylic acid groups (broad SMARTS) is 1. The molecule has 1 atom stereocenters. The van der Waals surface area contributed by atoms with Crippen LogP contribution in [0, 0.1) is 5.92 Å². The number of nitrogens with zero attached hydrogens (tertiary/aromatic N) is 1. The molecular formula is C12H14N2O3. The van der Waals surface area contributed by atoms with Crippen LogP contribution in [-0.2, 0) is 35.6 Å². The molecule has 1 unspecified atom stereocenters. The molecule has 3 rings (SSSR count). The number of pyridine rings is 1. The number of nitrogens with two attached hydrogens (primary N) is 1. The molecule has 3 N–H and O–H groups in total. The van der Waals surface area contributed by atoms with E-state index in [9.17, 15) is 4.79 Å². The fourth-order valence-corrected chi connectivity index (χ4v) is 2.70. The minimum absolute atomic E-state index is 0.294. The molecule has 0 amide bonds. The third-order valence-electron chi connectivity index (χ3n) is 3.66. The largest absolute Gasteiger partial charge is 0.481 e. The van der Waals surface area contributed by atoms with Crippen LogP contribution >= 0.6 is 0 Å². The average Bonchev–Trinajstić information content (AvgIpc) is 2.78. The molecule has 2 heterocycles. The molecule has 0 bridgehead atoms. The van der Waals surface area contributed by atoms with Crippen LogP contribution in [0.3, 0.4) is 0 Å². The highest BCUT2D eigenvalue weighted by Gasteiger charge is 2.30. The molecule has 90 valence electrons. The van der Waals surface area contributed by atoms with Crippen LogP contribution in [0.4, 0.5) is 5.82 Å². The summed E-state index contributed by atoms with van der Waals surface area (Å²) in [5.74, 6) is -0.470. The fraction of sp³-hybridized carbons (Fsp3) is 0.500. The number of aliphatic carboxylic acids is 1. The first-order valence-corrected chi connectivity index (χ1v) is 5.76. The molecule has 5 heteroatoms. The minimum atomic E-state index is -0.722. The lowest BCUT2D eigenvalue weighted by Gasteiger charge is -2.23. The van der Waals surface area contributed by atoms with E-state index in [-0.39, 0.29) is 5.92 Å². The maximum Gasteiger partial charge on any atom is 0.306 e. The standard InChI is InChI=1S/C12H14N2O3/c13-11-9-5-17-4-8(9)7-3-6(12(15)16)1-2-10(7)14-11/h6H,1-5H2,(H2,13,14)(H,15,16). The van der Waals surface area contributed by atoms with E-state index < -0.39 is 5.97 Å². The van der Waals surface area contributed by atoms with Gasteiger partial charge in [0.1, 0.15) is 5.82 Å². The zero-order valence-corrected chi connectivity index (χ0v) is 9.40. The van der Waals surface area contributed by atoms with Gasteiger partial charge in [0.05, 0.1) is 19.1 Å². The summed E-state index contributed by atoms with van der Waals surface area (Å²) < 4.78 is 5.39. The van der Waals surface area contributed by atoms with Crippen molar-refractivity contribution in [2.45, 2.75) is 32.5 Å². The lowest BCUT2D eigenvalue weighted by atomic mass is 9.83. The molecule has 0 radical (unpaired) electrons. The van der Waals surface area contributed by atoms with Gasteiger partial charge in [-0.1, -0.05) is 0 Å². The zero-order valence-electron chi connectivity index (χ0n) is 9.40. The first kappa shape index (κ1) is 10.5. The van der Waals surface area contributed by atoms with E-state index >= 15 is 0 Å². The summed E-state index contributed by atoms with van der Waals surface area (Å²) in [5, 5.41) is 9.09. The minimum Gasteiger partial charge on any atom is -0.481 e. The number of aryl methyl sites for hydroxylation is 1. The Morgan fingerprint density at radius 1 is 1.35 bits per heavy atom. The molecule has 1 aliphatic carbocycles. The molecule has 0 spiro atoms. The monoisotopic (exact) mass is 234 g/mol. The summed E-state index contributed by atoms with van der Waals surface area (Å²) in [4.78, 5) is 15.4. The van der Waals surface area contributed by atoms with Gasteiger partial charge in [-0.25, -0.2) is 4.98 Å². The number of hydrogen-bond donors (Lipinski definition) is 2. The van der Waals surface area contributed by atoms with Gasteiger partial charge >= 0.3 is 5.97 Å². The third kappa shape index (κ3) is 1.58. The molecule has 5 nitrogen and oxygen atoms in total. The average molecular weight is 234 g/mol. The van der Waals surface area contributed by atoms with E-state index in [1.165, 1.54) is 0 Å². The number of hydrogen-bond acceptors (Lipinski definition) is 4. The Hall–Kier alpha value is -1.62. The highest BCUT2D eigenvalue weighted by molar-refractivity contribution is 5.71. The normalized spacial score (nSPS) is 22.0. The second-order valence-corrected chi connectivity index (χ2v) is 4.65. The van der Waals surface area contributed by atoms with E-state index in [1.807, 2.05) is 0 Å². The fourth-order valence-electron chi connectivity index (χ4n) is 2.70. The van der Waals surface area contributed by atoms with E-state index in [0.29, 0.717) is 38.3 Å². The van der Waals surface area contributed by atoms with E-state index in [1.54, 1.807) is 0 Å². The number of nitrogen functional groups attached to an aromatic ring is 1. The highest BCUT2D eigenvalue weighted by Crippen LogP contribution is 2.34. The summed E-state index contributed by atoms with van der Waals surface area (Å²) in [6, 6.07) is 0. The maximum atomic E-state index is 11.1. The molecule has 0 saturated carbocycles. The summed E-state index contributed by atoms with van der Waals surface area (Å²) in [6.07, 6.45) is 1.90. The number of rotatable bonds is 1. The second kappa shape index (κ2) is 3.70. The predicted octanol–water partition coefficient (Wildman–Crippen LogP) is 0.883. The van der Waals surface area contributed by atoms with Crippen molar-refractivity contribution < 1.29 is 14.6 Å². The molecule has 0 aromatic carbocycles. The van der Waals surface area contributed by atoms with E-state index in [4.69, 9.17) is 15.6 Å². The Morgan fingerprint density at radius 3 is 2.88 bits per heavy atom. The maximum absolute atomic E-state index is 11.1. The van der Waals surface area contributed by atoms with Crippen LogP contribution in [0.25, 0.3) is 0 Å². The van der Waals surface area contributed by atoms with Crippen molar-refractivity contribution in [2.24, 2.45) is 5.92 Å². The molecule has 0 saturated heterocycles. The van der Waals surface area contributed by atoms with Gasteiger partial charge in [-0.2, -0.15) is 0 Å². The number of aromatic nitrogens is 1. The highest BCUT2D eigenvalue weighted by atomic mass is 16.5. The van der Waals surface area contributed by atoms with Crippen molar-refractivity contribution in [3.8, 4) is 0 Å². The van der Waals surface area contributed by atoms with Crippen LogP contribution in [0.15, 0.2) is 0 Å². The number of anilines is 1. The molecule has 1 aromatic rings. The summed E-state index contributed by atoms with van der Waals surface area (Å²) >= 11 is 0. The molecule has 17 heavy (non-hydrogen) atoms. The van der Waals surface area contributed by atoms with E-state index in [2.05, 4.69) is 4.98 Å². The van der Waals surface area contributed by atoms with Crippen LogP contribution in [0.5, 0.6) is 0 Å². The summed E-state index contributed by atoms with van der Waals surface area (Å²) in [6.45, 7) is 1.04. The second-order valence-electron chi connectivity index (χ2n) is 4.65. The molecule has 0 fully saturated rings. The summed E-state index contributed by atoms with van der Waals surface area (Å²) in [5.41, 5.74) is 9.94. The van der Waals surface area contributed by atoms with Crippen molar-refractivity contribution in [3.05, 3.63) is 22.4 Å². The quantitative estimate of drug-likeness (QED) is 0.753. The third-order valence-corrected chi connectivity index (χ3v) is 3.66. The number of carbonyl (C=O) groups is 1. The topological polar surface area (TPSA) is 85.4 Å². The van der Waals surface area contributed by atoms with Crippen LogP contribution in [-0.4, -0.2) is 16.1 Å². The predicted molar refractivity (Wildman–Crippen MR) is 60.3 cm³/mol. The van der Waals surface area contributed by atoms with Gasteiger partial charge in [-0.15, -0.1) is 0 Å². The van der Waals surface area contributed by atoms with Crippen molar-refractivity contribution >= 4 is 11.8 Å². The Labute approximate surface area is 98.6 Å². The van der Waals surface area contributed by atoms with Gasteiger partial charge in [0.15, 0.2) is 0 Å². The Bertz CT molecular complexity index is 499. The Morgan fingerprint density at radius 2 is 2.12 bits per heavy atom. The lowest BCUT2D eigenvalue weighted by molar-refractivity contribution is -0.142. The molecule has 2 aliphatic rings. The molecule has 1 aliphatic heterocycles. The van der Waals surface area contributed by atoms with Crippen molar-refractivity contribution in [1.29, 1.82) is 0 Å². The number of ether oxygens (including phenoxy) is 1. The molecular weight excluding hydrogens is 220 g/mol. The van der Waals surface area contributed by atoms with Crippen LogP contribution < -0.4 is 5.73 Å².